The zero-order chi connectivity index (χ0) is 38.2. The van der Waals surface area contributed by atoms with Crippen molar-refractivity contribution in [3.63, 3.8) is 0 Å². The van der Waals surface area contributed by atoms with Crippen LogP contribution in [0.2, 0.25) is 0 Å². The molecule has 0 aliphatic heterocycles. The van der Waals surface area contributed by atoms with E-state index in [1.807, 2.05) is 17.4 Å². The summed E-state index contributed by atoms with van der Waals surface area (Å²) in [5, 5.41) is 7.40. The highest BCUT2D eigenvalue weighted by Gasteiger charge is 2.26. The normalized spacial score (nSPS) is 14.3. The minimum atomic E-state index is 0.0451. The van der Waals surface area contributed by atoms with Gasteiger partial charge < -0.3 is 13.9 Å². The second-order valence-corrected chi connectivity index (χ2v) is 16.3. The molecule has 0 radical (unpaired) electrons. The van der Waals surface area contributed by atoms with Gasteiger partial charge in [-0.15, -0.1) is 11.3 Å². The van der Waals surface area contributed by atoms with Crippen LogP contribution in [0.3, 0.4) is 0 Å². The molecule has 1 aliphatic carbocycles. The maximum atomic E-state index is 6.72. The molecule has 3 heterocycles. The van der Waals surface area contributed by atoms with Crippen molar-refractivity contribution in [2.75, 3.05) is 4.90 Å². The van der Waals surface area contributed by atoms with Crippen LogP contribution in [0, 0.1) is 0 Å². The van der Waals surface area contributed by atoms with Gasteiger partial charge in [0.2, 0.25) is 0 Å². The summed E-state index contributed by atoms with van der Waals surface area (Å²) in [6.07, 6.45) is 7.94. The fourth-order valence-corrected chi connectivity index (χ4v) is 10.4. The van der Waals surface area contributed by atoms with E-state index in [0.29, 0.717) is 0 Å². The number of furan rings is 1. The first-order chi connectivity index (χ1) is 28.8. The first-order valence-electron chi connectivity index (χ1n) is 19.9. The molecule has 0 fully saturated rings. The van der Waals surface area contributed by atoms with E-state index >= 15 is 0 Å². The Bertz CT molecular complexity index is 3450. The number of benzene rings is 8. The predicted octanol–water partition coefficient (Wildman–Crippen LogP) is 15.3. The summed E-state index contributed by atoms with van der Waals surface area (Å²) in [6.45, 7) is 0. The van der Waals surface area contributed by atoms with Gasteiger partial charge in [-0.3, -0.25) is 0 Å². The van der Waals surface area contributed by atoms with E-state index in [0.717, 1.165) is 45.4 Å². The SMILES string of the molecule is C1=CC(N(c2ccc3c4ccccc4n(-c4ccccc4)c3c2)c2cccc3c2oc2ccccc23)CC=C1c1cccc(-c2cccc3sc4ccccc4c23)c1. The van der Waals surface area contributed by atoms with Gasteiger partial charge in [-0.1, -0.05) is 140 Å². The molecule has 274 valence electrons. The van der Waals surface area contributed by atoms with Crippen molar-refractivity contribution in [1.29, 1.82) is 0 Å². The molecular formula is C54H36N2OS. The van der Waals surface area contributed by atoms with Gasteiger partial charge >= 0.3 is 0 Å². The number of allylic oxidation sites excluding steroid dienone is 2. The number of hydrogen-bond acceptors (Lipinski definition) is 3. The topological polar surface area (TPSA) is 21.3 Å². The zero-order valence-electron chi connectivity index (χ0n) is 31.5. The molecule has 0 amide bonds. The third-order valence-electron chi connectivity index (χ3n) is 11.9. The average Bonchev–Trinajstić information content (AvgIpc) is 3.97. The second-order valence-electron chi connectivity index (χ2n) is 15.2. The third-order valence-corrected chi connectivity index (χ3v) is 13.0. The maximum absolute atomic E-state index is 6.72. The molecule has 1 atom stereocenters. The summed E-state index contributed by atoms with van der Waals surface area (Å²) in [5.74, 6) is 0. The summed E-state index contributed by atoms with van der Waals surface area (Å²) in [4.78, 5) is 2.49. The summed E-state index contributed by atoms with van der Waals surface area (Å²) in [6, 6.07) is 65.9. The molecule has 1 aliphatic rings. The molecule has 4 heteroatoms. The first kappa shape index (κ1) is 33.0. The average molecular weight is 761 g/mol. The molecule has 0 spiro atoms. The van der Waals surface area contributed by atoms with Crippen molar-refractivity contribution in [2.45, 2.75) is 12.5 Å². The molecule has 0 N–H and O–H groups in total. The summed E-state index contributed by atoms with van der Waals surface area (Å²) in [7, 11) is 0. The first-order valence-corrected chi connectivity index (χ1v) is 20.8. The van der Waals surface area contributed by atoms with Crippen LogP contribution in [-0.2, 0) is 0 Å². The molecule has 0 bridgehead atoms. The highest BCUT2D eigenvalue weighted by atomic mass is 32.1. The van der Waals surface area contributed by atoms with Crippen LogP contribution in [0.25, 0.3) is 86.3 Å². The Kier molecular flexibility index (Phi) is 7.54. The van der Waals surface area contributed by atoms with Crippen molar-refractivity contribution in [3.05, 3.63) is 206 Å². The van der Waals surface area contributed by atoms with E-state index in [1.54, 1.807) is 0 Å². The molecule has 8 aromatic carbocycles. The highest BCUT2D eigenvalue weighted by molar-refractivity contribution is 7.25. The minimum Gasteiger partial charge on any atom is -0.454 e. The van der Waals surface area contributed by atoms with E-state index in [-0.39, 0.29) is 6.04 Å². The standard InChI is InChI=1S/C54H36N2OS/c1-2-15-38(16-3-1)56-47-22-7-4-17-42(47)43-32-31-40(34-49(43)56)55(48-23-11-21-45-44-18-5-8-24-50(44)57-54(45)48)39-29-27-35(28-30-39)36-13-10-14-37(33-36)41-20-12-26-52-53(41)46-19-6-9-25-51(46)58-52/h1-29,31-34,39H,30H2. The lowest BCUT2D eigenvalue weighted by Crippen LogP contribution is -2.30. The van der Waals surface area contributed by atoms with E-state index in [2.05, 4.69) is 204 Å². The lowest BCUT2D eigenvalue weighted by molar-refractivity contribution is 0.664. The summed E-state index contributed by atoms with van der Waals surface area (Å²) < 4.78 is 11.8. The van der Waals surface area contributed by atoms with Gasteiger partial charge in [0.15, 0.2) is 5.58 Å². The van der Waals surface area contributed by atoms with Crippen molar-refractivity contribution < 1.29 is 4.42 Å². The highest BCUT2D eigenvalue weighted by Crippen LogP contribution is 2.44. The number of aromatic nitrogens is 1. The van der Waals surface area contributed by atoms with Gasteiger partial charge in [0.25, 0.3) is 0 Å². The van der Waals surface area contributed by atoms with Crippen molar-refractivity contribution >= 4 is 92.2 Å². The smallest absolute Gasteiger partial charge is 0.159 e. The Labute approximate surface area is 339 Å². The van der Waals surface area contributed by atoms with Gasteiger partial charge in [-0.25, -0.2) is 0 Å². The monoisotopic (exact) mass is 760 g/mol. The molecule has 58 heavy (non-hydrogen) atoms. The quantitative estimate of drug-likeness (QED) is 0.168. The minimum absolute atomic E-state index is 0.0451. The zero-order valence-corrected chi connectivity index (χ0v) is 32.4. The second kappa shape index (κ2) is 13.2. The molecule has 11 aromatic rings. The predicted molar refractivity (Wildman–Crippen MR) is 247 cm³/mol. The van der Waals surface area contributed by atoms with Crippen LogP contribution >= 0.6 is 11.3 Å². The Morgan fingerprint density at radius 3 is 2.17 bits per heavy atom. The Hall–Kier alpha value is -7.14. The number of nitrogens with zero attached hydrogens (tertiary/aromatic N) is 2. The van der Waals surface area contributed by atoms with Crippen LogP contribution in [0.1, 0.15) is 12.0 Å². The van der Waals surface area contributed by atoms with Gasteiger partial charge in [-0.2, -0.15) is 0 Å². The Balaban J connectivity index is 0.985. The third kappa shape index (κ3) is 5.19. The van der Waals surface area contributed by atoms with E-state index in [1.165, 1.54) is 64.2 Å². The van der Waals surface area contributed by atoms with Crippen LogP contribution in [-0.4, -0.2) is 10.6 Å². The van der Waals surface area contributed by atoms with E-state index in [9.17, 15) is 0 Å². The molecule has 0 saturated heterocycles. The van der Waals surface area contributed by atoms with Crippen LogP contribution < -0.4 is 4.90 Å². The lowest BCUT2D eigenvalue weighted by Gasteiger charge is -2.33. The van der Waals surface area contributed by atoms with Crippen LogP contribution in [0.4, 0.5) is 11.4 Å². The molecule has 3 aromatic heterocycles. The Morgan fingerprint density at radius 2 is 1.28 bits per heavy atom. The summed E-state index contributed by atoms with van der Waals surface area (Å²) in [5.41, 5.74) is 12.5. The Morgan fingerprint density at radius 1 is 0.552 bits per heavy atom. The van der Waals surface area contributed by atoms with E-state index in [4.69, 9.17) is 4.42 Å². The summed E-state index contributed by atoms with van der Waals surface area (Å²) >= 11 is 1.87. The number of thiophene rings is 1. The maximum Gasteiger partial charge on any atom is 0.159 e. The molecule has 1 unspecified atom stereocenters. The van der Waals surface area contributed by atoms with Crippen molar-refractivity contribution in [1.82, 2.24) is 4.57 Å². The van der Waals surface area contributed by atoms with Gasteiger partial charge in [0.05, 0.1) is 22.8 Å². The molecule has 12 rings (SSSR count). The van der Waals surface area contributed by atoms with E-state index < -0.39 is 0 Å². The fourth-order valence-electron chi connectivity index (χ4n) is 9.29. The number of anilines is 2. The number of para-hydroxylation sites is 4. The van der Waals surface area contributed by atoms with Gasteiger partial charge in [0.1, 0.15) is 5.58 Å². The molecular weight excluding hydrogens is 725 g/mol. The van der Waals surface area contributed by atoms with Crippen molar-refractivity contribution in [3.8, 4) is 16.8 Å². The van der Waals surface area contributed by atoms with Gasteiger partial charge in [-0.05, 0) is 89.3 Å². The van der Waals surface area contributed by atoms with Crippen LogP contribution in [0.5, 0.6) is 0 Å². The van der Waals surface area contributed by atoms with Crippen LogP contribution in [0.15, 0.2) is 205 Å². The lowest BCUT2D eigenvalue weighted by atomic mass is 9.92. The fraction of sp³-hybridized carbons (Fsp3) is 0.0370. The molecule has 0 saturated carbocycles. The number of fused-ring (bicyclic) bond motifs is 9. The van der Waals surface area contributed by atoms with Crippen molar-refractivity contribution in [2.24, 2.45) is 0 Å². The number of rotatable bonds is 6. The largest absolute Gasteiger partial charge is 0.454 e. The van der Waals surface area contributed by atoms with Gasteiger partial charge in [0, 0.05) is 53.1 Å². The molecule has 3 nitrogen and oxygen atoms in total. The number of hydrogen-bond donors (Lipinski definition) is 0.